The lowest BCUT2D eigenvalue weighted by Gasteiger charge is -2.15. The Morgan fingerprint density at radius 2 is 0.625 bits per heavy atom. The Labute approximate surface area is 398 Å². The summed E-state index contributed by atoms with van der Waals surface area (Å²) >= 11 is 0. The Morgan fingerprint density at radius 3 is 0.953 bits per heavy atom. The number of hydrogen-bond donors (Lipinski definition) is 1. The topological polar surface area (TPSA) is 72.8 Å². The molecule has 0 saturated carbocycles. The predicted octanol–water partition coefficient (Wildman–Crippen LogP) is 18.9. The van der Waals surface area contributed by atoms with Crippen molar-refractivity contribution in [1.82, 2.24) is 0 Å². The van der Waals surface area contributed by atoms with E-state index in [0.717, 1.165) is 51.4 Å². The van der Waals surface area contributed by atoms with Crippen molar-refractivity contribution in [3.05, 3.63) is 48.6 Å². The van der Waals surface area contributed by atoms with Crippen molar-refractivity contribution in [2.24, 2.45) is 0 Å². The number of allylic oxidation sites excluding steroid dienone is 8. The first-order chi connectivity index (χ1) is 31.6. The van der Waals surface area contributed by atoms with Crippen LogP contribution in [0.5, 0.6) is 0 Å². The fourth-order valence-corrected chi connectivity index (χ4v) is 8.32. The summed E-state index contributed by atoms with van der Waals surface area (Å²) in [4.78, 5) is 24.5. The average Bonchev–Trinajstić information content (AvgIpc) is 3.30. The van der Waals surface area contributed by atoms with Crippen LogP contribution in [0.1, 0.15) is 296 Å². The second-order valence-electron chi connectivity index (χ2n) is 19.0. The third-order valence-corrected chi connectivity index (χ3v) is 12.6. The van der Waals surface area contributed by atoms with Crippen LogP contribution in [-0.4, -0.2) is 36.4 Å². The second-order valence-corrected chi connectivity index (χ2v) is 19.0. The Balaban J connectivity index is 3.48. The number of unbranched alkanes of at least 4 members (excludes halogenated alkanes) is 36. The zero-order valence-electron chi connectivity index (χ0n) is 42.8. The van der Waals surface area contributed by atoms with E-state index in [2.05, 4.69) is 62.5 Å². The molecule has 1 N–H and O–H groups in total. The molecule has 0 spiro atoms. The van der Waals surface area contributed by atoms with Crippen LogP contribution in [0.2, 0.25) is 0 Å². The number of esters is 2. The van der Waals surface area contributed by atoms with Crippen LogP contribution in [0.15, 0.2) is 48.6 Å². The molecule has 64 heavy (non-hydrogen) atoms. The van der Waals surface area contributed by atoms with Gasteiger partial charge in [0.05, 0.1) is 6.61 Å². The van der Waals surface area contributed by atoms with E-state index in [0.29, 0.717) is 12.8 Å². The third-order valence-electron chi connectivity index (χ3n) is 12.6. The summed E-state index contributed by atoms with van der Waals surface area (Å²) < 4.78 is 10.7. The molecule has 0 aromatic carbocycles. The van der Waals surface area contributed by atoms with Gasteiger partial charge in [0.1, 0.15) is 6.61 Å². The van der Waals surface area contributed by atoms with Gasteiger partial charge < -0.3 is 14.6 Å². The van der Waals surface area contributed by atoms with E-state index in [-0.39, 0.29) is 25.2 Å². The van der Waals surface area contributed by atoms with Crippen molar-refractivity contribution in [3.63, 3.8) is 0 Å². The van der Waals surface area contributed by atoms with Gasteiger partial charge in [-0.15, -0.1) is 0 Å². The number of ether oxygens (including phenoxy) is 2. The van der Waals surface area contributed by atoms with Gasteiger partial charge in [-0.05, 0) is 77.0 Å². The Bertz CT molecular complexity index is 1060. The number of carbonyl (C=O) groups excluding carboxylic acids is 2. The van der Waals surface area contributed by atoms with Gasteiger partial charge in [0.25, 0.3) is 0 Å². The van der Waals surface area contributed by atoms with Crippen molar-refractivity contribution in [2.75, 3.05) is 13.2 Å². The number of hydrogen-bond acceptors (Lipinski definition) is 5. The number of rotatable bonds is 52. The van der Waals surface area contributed by atoms with Gasteiger partial charge in [-0.2, -0.15) is 0 Å². The molecular formula is C59H108O5. The number of aliphatic hydroxyl groups is 1. The third kappa shape index (κ3) is 52.5. The van der Waals surface area contributed by atoms with Crippen LogP contribution in [0, 0.1) is 0 Å². The molecule has 0 bridgehead atoms. The molecule has 1 atom stereocenters. The van der Waals surface area contributed by atoms with E-state index in [1.807, 2.05) is 0 Å². The molecule has 1 unspecified atom stereocenters. The monoisotopic (exact) mass is 897 g/mol. The smallest absolute Gasteiger partial charge is 0.306 e. The standard InChI is InChI=1S/C59H108O5/c1-3-5-7-9-11-13-15-17-19-21-23-25-27-28-29-30-32-34-36-38-40-42-44-46-48-50-52-54-59(62)64-57(55-60)56-63-58(61)53-51-49-47-45-43-41-39-37-35-33-31-26-24-22-20-18-16-14-12-10-8-6-4-2/h15,17,21-24,27-28,57,60H,3-14,16,18-20,25-26,29-56H2,1-2H3/b17-15-,23-21-,24-22-,28-27-. The van der Waals surface area contributed by atoms with E-state index in [9.17, 15) is 14.7 Å². The fourth-order valence-electron chi connectivity index (χ4n) is 8.32. The van der Waals surface area contributed by atoms with E-state index < -0.39 is 6.10 Å². The zero-order valence-corrected chi connectivity index (χ0v) is 42.8. The predicted molar refractivity (Wildman–Crippen MR) is 279 cm³/mol. The van der Waals surface area contributed by atoms with Gasteiger partial charge in [-0.1, -0.05) is 255 Å². The van der Waals surface area contributed by atoms with Crippen molar-refractivity contribution in [1.29, 1.82) is 0 Å². The minimum atomic E-state index is -0.774. The normalized spacial score (nSPS) is 12.5. The lowest BCUT2D eigenvalue weighted by molar-refractivity contribution is -0.161. The lowest BCUT2D eigenvalue weighted by atomic mass is 10.0. The molecule has 0 aromatic heterocycles. The van der Waals surface area contributed by atoms with Crippen LogP contribution >= 0.6 is 0 Å². The summed E-state index contributed by atoms with van der Waals surface area (Å²) in [5.74, 6) is -0.582. The molecule has 0 heterocycles. The summed E-state index contributed by atoms with van der Waals surface area (Å²) in [6.07, 6.45) is 72.2. The van der Waals surface area contributed by atoms with Gasteiger partial charge in [-0.3, -0.25) is 9.59 Å². The molecule has 0 amide bonds. The van der Waals surface area contributed by atoms with Crippen LogP contribution in [0.4, 0.5) is 0 Å². The number of carbonyl (C=O) groups is 2. The van der Waals surface area contributed by atoms with Crippen LogP contribution in [0.25, 0.3) is 0 Å². The first-order valence-corrected chi connectivity index (χ1v) is 28.2. The molecule has 0 aliphatic heterocycles. The average molecular weight is 898 g/mol. The molecular weight excluding hydrogens is 789 g/mol. The van der Waals surface area contributed by atoms with Crippen molar-refractivity contribution < 1.29 is 24.2 Å². The zero-order chi connectivity index (χ0) is 46.3. The molecule has 374 valence electrons. The van der Waals surface area contributed by atoms with E-state index in [4.69, 9.17) is 9.47 Å². The summed E-state index contributed by atoms with van der Waals surface area (Å²) in [6, 6.07) is 0. The number of aliphatic hydroxyl groups excluding tert-OH is 1. The lowest BCUT2D eigenvalue weighted by Crippen LogP contribution is -2.28. The molecule has 0 aromatic rings. The Hall–Kier alpha value is -2.14. The van der Waals surface area contributed by atoms with E-state index in [1.54, 1.807) is 0 Å². The fraction of sp³-hybridized carbons (Fsp3) is 0.831. The maximum absolute atomic E-state index is 12.3. The summed E-state index contributed by atoms with van der Waals surface area (Å²) in [5, 5.41) is 9.65. The Kier molecular flexibility index (Phi) is 53.3. The minimum absolute atomic E-state index is 0.0650. The maximum atomic E-state index is 12.3. The highest BCUT2D eigenvalue weighted by Gasteiger charge is 2.16. The second kappa shape index (κ2) is 55.2. The highest BCUT2D eigenvalue weighted by molar-refractivity contribution is 5.70. The minimum Gasteiger partial charge on any atom is -0.462 e. The van der Waals surface area contributed by atoms with Gasteiger partial charge in [0.15, 0.2) is 6.10 Å². The van der Waals surface area contributed by atoms with Gasteiger partial charge in [0, 0.05) is 12.8 Å². The molecule has 5 nitrogen and oxygen atoms in total. The Morgan fingerprint density at radius 1 is 0.359 bits per heavy atom. The SMILES string of the molecule is CCCCCCC/C=C\C/C=C\C/C=C\CCCCCCCCCCCCCCC(=O)OC(CO)COC(=O)CCCCCCCCCCCCC/C=C\CCCCCCCCCC. The maximum Gasteiger partial charge on any atom is 0.306 e. The molecule has 0 saturated heterocycles. The highest BCUT2D eigenvalue weighted by atomic mass is 16.6. The molecule has 0 aliphatic carbocycles. The van der Waals surface area contributed by atoms with Crippen molar-refractivity contribution in [2.45, 2.75) is 302 Å². The molecule has 0 radical (unpaired) electrons. The molecule has 5 heteroatoms. The van der Waals surface area contributed by atoms with Crippen molar-refractivity contribution in [3.8, 4) is 0 Å². The van der Waals surface area contributed by atoms with Crippen LogP contribution in [-0.2, 0) is 19.1 Å². The van der Waals surface area contributed by atoms with Gasteiger partial charge in [0.2, 0.25) is 0 Å². The van der Waals surface area contributed by atoms with E-state index >= 15 is 0 Å². The van der Waals surface area contributed by atoms with Crippen LogP contribution < -0.4 is 0 Å². The molecule has 0 fully saturated rings. The molecule has 0 aliphatic rings. The summed E-state index contributed by atoms with van der Waals surface area (Å²) in [5.41, 5.74) is 0. The van der Waals surface area contributed by atoms with Crippen molar-refractivity contribution >= 4 is 11.9 Å². The molecule has 0 rings (SSSR count). The van der Waals surface area contributed by atoms with Crippen LogP contribution in [0.3, 0.4) is 0 Å². The van der Waals surface area contributed by atoms with Gasteiger partial charge >= 0.3 is 11.9 Å². The van der Waals surface area contributed by atoms with E-state index in [1.165, 1.54) is 218 Å². The quantitative estimate of drug-likeness (QED) is 0.0374. The van der Waals surface area contributed by atoms with Gasteiger partial charge in [-0.25, -0.2) is 0 Å². The first kappa shape index (κ1) is 61.9. The highest BCUT2D eigenvalue weighted by Crippen LogP contribution is 2.16. The summed E-state index contributed by atoms with van der Waals surface area (Å²) in [6.45, 7) is 4.16. The summed E-state index contributed by atoms with van der Waals surface area (Å²) in [7, 11) is 0. The first-order valence-electron chi connectivity index (χ1n) is 28.2. The largest absolute Gasteiger partial charge is 0.462 e.